The van der Waals surface area contributed by atoms with E-state index in [4.69, 9.17) is 5.11 Å². The zero-order valence-corrected chi connectivity index (χ0v) is 6.68. The van der Waals surface area contributed by atoms with Gasteiger partial charge in [0.05, 0.1) is 6.61 Å². The number of Topliss-reactive ketones (excluding diaryl/α,β-unsaturated/α-hetero) is 1. The third kappa shape index (κ3) is 2.99. The number of hydrogen-bond acceptors (Lipinski definition) is 3. The van der Waals surface area contributed by atoms with Crippen molar-refractivity contribution in [1.29, 1.82) is 0 Å². The SMILES string of the molecule is O=C1CCC(NCCO)CC1. The predicted molar refractivity (Wildman–Crippen MR) is 42.4 cm³/mol. The maximum atomic E-state index is 10.8. The molecule has 64 valence electrons. The minimum atomic E-state index is 0.185. The average molecular weight is 157 g/mol. The number of ketones is 1. The Kier molecular flexibility index (Phi) is 3.52. The second-order valence-corrected chi connectivity index (χ2v) is 2.99. The highest BCUT2D eigenvalue weighted by atomic mass is 16.3. The second-order valence-electron chi connectivity index (χ2n) is 2.99. The average Bonchev–Trinajstić information content (AvgIpc) is 2.04. The van der Waals surface area contributed by atoms with Crippen molar-refractivity contribution in [3.8, 4) is 0 Å². The lowest BCUT2D eigenvalue weighted by atomic mass is 9.94. The Labute approximate surface area is 66.8 Å². The molecule has 0 amide bonds. The molecule has 0 aromatic carbocycles. The van der Waals surface area contributed by atoms with E-state index in [0.29, 0.717) is 31.2 Å². The van der Waals surface area contributed by atoms with Crippen molar-refractivity contribution in [3.63, 3.8) is 0 Å². The smallest absolute Gasteiger partial charge is 0.133 e. The molecule has 0 aromatic rings. The van der Waals surface area contributed by atoms with Crippen molar-refractivity contribution in [1.82, 2.24) is 5.32 Å². The lowest BCUT2D eigenvalue weighted by Crippen LogP contribution is -2.34. The van der Waals surface area contributed by atoms with Crippen LogP contribution in [0.25, 0.3) is 0 Å². The summed E-state index contributed by atoms with van der Waals surface area (Å²) in [6, 6.07) is 0.458. The summed E-state index contributed by atoms with van der Waals surface area (Å²) in [4.78, 5) is 10.8. The molecule has 1 fully saturated rings. The van der Waals surface area contributed by atoms with Gasteiger partial charge < -0.3 is 10.4 Å². The lowest BCUT2D eigenvalue weighted by Gasteiger charge is -2.21. The minimum Gasteiger partial charge on any atom is -0.395 e. The Bertz CT molecular complexity index is 126. The number of hydrogen-bond donors (Lipinski definition) is 2. The molecule has 1 saturated carbocycles. The van der Waals surface area contributed by atoms with Gasteiger partial charge in [0.25, 0.3) is 0 Å². The van der Waals surface area contributed by atoms with Crippen LogP contribution in [0.15, 0.2) is 0 Å². The van der Waals surface area contributed by atoms with Gasteiger partial charge in [0.1, 0.15) is 5.78 Å². The highest BCUT2D eigenvalue weighted by Crippen LogP contribution is 2.14. The fourth-order valence-corrected chi connectivity index (χ4v) is 1.41. The van der Waals surface area contributed by atoms with Crippen LogP contribution in [0.2, 0.25) is 0 Å². The molecule has 0 aromatic heterocycles. The molecule has 0 spiro atoms. The summed E-state index contributed by atoms with van der Waals surface area (Å²) < 4.78 is 0. The molecule has 2 N–H and O–H groups in total. The first-order valence-electron chi connectivity index (χ1n) is 4.19. The minimum absolute atomic E-state index is 0.185. The zero-order chi connectivity index (χ0) is 8.10. The summed E-state index contributed by atoms with van der Waals surface area (Å²) in [6.07, 6.45) is 3.31. The summed E-state index contributed by atoms with van der Waals surface area (Å²) >= 11 is 0. The molecule has 1 aliphatic rings. The van der Waals surface area contributed by atoms with E-state index in [9.17, 15) is 4.79 Å². The lowest BCUT2D eigenvalue weighted by molar-refractivity contribution is -0.120. The molecule has 1 rings (SSSR count). The van der Waals surface area contributed by atoms with Gasteiger partial charge in [-0.05, 0) is 12.8 Å². The van der Waals surface area contributed by atoms with Crippen molar-refractivity contribution in [2.45, 2.75) is 31.7 Å². The highest BCUT2D eigenvalue weighted by Gasteiger charge is 2.17. The van der Waals surface area contributed by atoms with Crippen LogP contribution in [-0.4, -0.2) is 30.1 Å². The molecular weight excluding hydrogens is 142 g/mol. The third-order valence-electron chi connectivity index (χ3n) is 2.09. The fraction of sp³-hybridized carbons (Fsp3) is 0.875. The molecule has 0 aliphatic heterocycles. The van der Waals surface area contributed by atoms with Crippen LogP contribution in [0.1, 0.15) is 25.7 Å². The first-order valence-corrected chi connectivity index (χ1v) is 4.19. The maximum absolute atomic E-state index is 10.8. The van der Waals surface area contributed by atoms with Crippen LogP contribution in [-0.2, 0) is 4.79 Å². The summed E-state index contributed by atoms with van der Waals surface area (Å²) in [5.41, 5.74) is 0. The highest BCUT2D eigenvalue weighted by molar-refractivity contribution is 5.79. The van der Waals surface area contributed by atoms with Crippen LogP contribution in [0.4, 0.5) is 0 Å². The van der Waals surface area contributed by atoms with E-state index in [0.717, 1.165) is 12.8 Å². The quantitative estimate of drug-likeness (QED) is 0.610. The van der Waals surface area contributed by atoms with Crippen LogP contribution in [0, 0.1) is 0 Å². The summed E-state index contributed by atoms with van der Waals surface area (Å²) in [6.45, 7) is 0.837. The van der Waals surface area contributed by atoms with Crippen LogP contribution >= 0.6 is 0 Å². The molecular formula is C8H15NO2. The maximum Gasteiger partial charge on any atom is 0.133 e. The monoisotopic (exact) mass is 157 g/mol. The molecule has 0 saturated heterocycles. The summed E-state index contributed by atoms with van der Waals surface area (Å²) in [5, 5.41) is 11.7. The molecule has 11 heavy (non-hydrogen) atoms. The van der Waals surface area contributed by atoms with Gasteiger partial charge in [0.15, 0.2) is 0 Å². The second kappa shape index (κ2) is 4.46. The Balaban J connectivity index is 2.12. The van der Waals surface area contributed by atoms with Crippen molar-refractivity contribution in [3.05, 3.63) is 0 Å². The van der Waals surface area contributed by atoms with E-state index in [1.54, 1.807) is 0 Å². The number of rotatable bonds is 3. The van der Waals surface area contributed by atoms with E-state index in [-0.39, 0.29) is 6.61 Å². The van der Waals surface area contributed by atoms with Crippen LogP contribution < -0.4 is 5.32 Å². The number of carbonyl (C=O) groups excluding carboxylic acids is 1. The molecule has 3 heteroatoms. The third-order valence-corrected chi connectivity index (χ3v) is 2.09. The van der Waals surface area contributed by atoms with Gasteiger partial charge in [-0.15, -0.1) is 0 Å². The molecule has 0 heterocycles. The predicted octanol–water partition coefficient (Wildman–Crippen LogP) is 0.0800. The van der Waals surface area contributed by atoms with E-state index < -0.39 is 0 Å². The molecule has 0 bridgehead atoms. The number of carbonyl (C=O) groups is 1. The summed E-state index contributed by atoms with van der Waals surface area (Å²) in [7, 11) is 0. The van der Waals surface area contributed by atoms with Gasteiger partial charge >= 0.3 is 0 Å². The number of aliphatic hydroxyl groups excluding tert-OH is 1. The van der Waals surface area contributed by atoms with Crippen molar-refractivity contribution >= 4 is 5.78 Å². The first-order chi connectivity index (χ1) is 5.33. The van der Waals surface area contributed by atoms with Gasteiger partial charge in [-0.3, -0.25) is 4.79 Å². The largest absolute Gasteiger partial charge is 0.395 e. The number of nitrogens with one attached hydrogen (secondary N) is 1. The van der Waals surface area contributed by atoms with Gasteiger partial charge in [-0.2, -0.15) is 0 Å². The van der Waals surface area contributed by atoms with Gasteiger partial charge in [-0.1, -0.05) is 0 Å². The van der Waals surface area contributed by atoms with E-state index >= 15 is 0 Å². The molecule has 1 aliphatic carbocycles. The van der Waals surface area contributed by atoms with Gasteiger partial charge in [-0.25, -0.2) is 0 Å². The molecule has 3 nitrogen and oxygen atoms in total. The Hall–Kier alpha value is -0.410. The number of aliphatic hydroxyl groups is 1. The van der Waals surface area contributed by atoms with Crippen LogP contribution in [0.3, 0.4) is 0 Å². The Morgan fingerprint density at radius 1 is 1.45 bits per heavy atom. The first kappa shape index (κ1) is 8.68. The normalized spacial score (nSPS) is 20.6. The van der Waals surface area contributed by atoms with Crippen molar-refractivity contribution in [2.75, 3.05) is 13.2 Å². The van der Waals surface area contributed by atoms with E-state index in [1.807, 2.05) is 0 Å². The molecule has 0 atom stereocenters. The molecule has 0 radical (unpaired) electrons. The standard InChI is InChI=1S/C8H15NO2/c10-6-5-9-7-1-3-8(11)4-2-7/h7,9-10H,1-6H2. The molecule has 0 unspecified atom stereocenters. The Morgan fingerprint density at radius 2 is 2.09 bits per heavy atom. The van der Waals surface area contributed by atoms with E-state index in [2.05, 4.69) is 5.32 Å². The van der Waals surface area contributed by atoms with Crippen molar-refractivity contribution in [2.24, 2.45) is 0 Å². The topological polar surface area (TPSA) is 49.3 Å². The van der Waals surface area contributed by atoms with E-state index in [1.165, 1.54) is 0 Å². The van der Waals surface area contributed by atoms with Gasteiger partial charge in [0.2, 0.25) is 0 Å². The van der Waals surface area contributed by atoms with Gasteiger partial charge in [0, 0.05) is 25.4 Å². The summed E-state index contributed by atoms with van der Waals surface area (Å²) in [5.74, 6) is 0.382. The van der Waals surface area contributed by atoms with Crippen LogP contribution in [0.5, 0.6) is 0 Å². The fourth-order valence-electron chi connectivity index (χ4n) is 1.41. The zero-order valence-electron chi connectivity index (χ0n) is 6.68. The van der Waals surface area contributed by atoms with Crippen molar-refractivity contribution < 1.29 is 9.90 Å². The Morgan fingerprint density at radius 3 is 2.64 bits per heavy atom.